The monoisotopic (exact) mass is 224 g/mol. The van der Waals surface area contributed by atoms with E-state index in [2.05, 4.69) is 0 Å². The molecule has 0 fully saturated rings. The molecule has 68 valence electrons. The molecular formula is C9H11Cl3. The van der Waals surface area contributed by atoms with Gasteiger partial charge < -0.3 is 0 Å². The molecule has 2 unspecified atom stereocenters. The van der Waals surface area contributed by atoms with E-state index < -0.39 is 4.87 Å². The van der Waals surface area contributed by atoms with Crippen molar-refractivity contribution in [3.63, 3.8) is 0 Å². The molecule has 0 nitrogen and oxygen atoms in total. The van der Waals surface area contributed by atoms with Gasteiger partial charge in [-0.2, -0.15) is 0 Å². The number of alkyl halides is 1. The number of allylic oxidation sites excluding steroid dienone is 4. The van der Waals surface area contributed by atoms with E-state index in [0.717, 1.165) is 10.6 Å². The minimum Gasteiger partial charge on any atom is -0.114 e. The molecule has 1 rings (SSSR count). The summed E-state index contributed by atoms with van der Waals surface area (Å²) < 4.78 is 0. The Kier molecular flexibility index (Phi) is 2.82. The van der Waals surface area contributed by atoms with Gasteiger partial charge >= 0.3 is 0 Å². The first-order valence-corrected chi connectivity index (χ1v) is 4.93. The van der Waals surface area contributed by atoms with Crippen molar-refractivity contribution >= 4 is 34.8 Å². The molecule has 0 saturated carbocycles. The summed E-state index contributed by atoms with van der Waals surface area (Å²) in [6.45, 7) is 5.82. The molecule has 0 heterocycles. The SMILES string of the molecule is CC1=C(Cl)C(C)C(C)(Cl)C=C1Cl. The zero-order valence-electron chi connectivity index (χ0n) is 7.29. The van der Waals surface area contributed by atoms with E-state index in [1.807, 2.05) is 26.8 Å². The van der Waals surface area contributed by atoms with Crippen molar-refractivity contribution in [3.05, 3.63) is 21.7 Å². The van der Waals surface area contributed by atoms with E-state index in [1.54, 1.807) is 0 Å². The number of halogens is 3. The van der Waals surface area contributed by atoms with Gasteiger partial charge in [0.15, 0.2) is 0 Å². The summed E-state index contributed by atoms with van der Waals surface area (Å²) in [4.78, 5) is -0.451. The number of rotatable bonds is 0. The Morgan fingerprint density at radius 3 is 2.42 bits per heavy atom. The van der Waals surface area contributed by atoms with Gasteiger partial charge in [0, 0.05) is 16.0 Å². The molecule has 12 heavy (non-hydrogen) atoms. The topological polar surface area (TPSA) is 0 Å². The molecule has 0 aliphatic heterocycles. The number of hydrogen-bond acceptors (Lipinski definition) is 0. The largest absolute Gasteiger partial charge is 0.114 e. The van der Waals surface area contributed by atoms with Crippen LogP contribution in [0.2, 0.25) is 0 Å². The van der Waals surface area contributed by atoms with Crippen LogP contribution in [0.15, 0.2) is 21.7 Å². The van der Waals surface area contributed by atoms with Gasteiger partial charge in [-0.05, 0) is 25.5 Å². The Morgan fingerprint density at radius 1 is 1.42 bits per heavy atom. The van der Waals surface area contributed by atoms with E-state index in [0.29, 0.717) is 5.03 Å². The van der Waals surface area contributed by atoms with Crippen LogP contribution >= 0.6 is 34.8 Å². The van der Waals surface area contributed by atoms with Crippen LogP contribution in [-0.4, -0.2) is 4.87 Å². The predicted molar refractivity (Wildman–Crippen MR) is 55.9 cm³/mol. The lowest BCUT2D eigenvalue weighted by molar-refractivity contribution is 0.573. The lowest BCUT2D eigenvalue weighted by atomic mass is 9.88. The maximum atomic E-state index is 6.20. The normalized spacial score (nSPS) is 36.8. The van der Waals surface area contributed by atoms with Crippen LogP contribution < -0.4 is 0 Å². The highest BCUT2D eigenvalue weighted by Crippen LogP contribution is 2.43. The molecule has 0 radical (unpaired) electrons. The van der Waals surface area contributed by atoms with E-state index in [-0.39, 0.29) is 5.92 Å². The molecule has 0 aromatic rings. The van der Waals surface area contributed by atoms with Crippen LogP contribution in [0.3, 0.4) is 0 Å². The van der Waals surface area contributed by atoms with Gasteiger partial charge in [-0.3, -0.25) is 0 Å². The van der Waals surface area contributed by atoms with Crippen molar-refractivity contribution < 1.29 is 0 Å². The number of hydrogen-bond donors (Lipinski definition) is 0. The van der Waals surface area contributed by atoms with Crippen LogP contribution in [-0.2, 0) is 0 Å². The Labute approximate surface area is 88.2 Å². The minimum absolute atomic E-state index is 0.128. The highest BCUT2D eigenvalue weighted by molar-refractivity contribution is 6.38. The van der Waals surface area contributed by atoms with Crippen molar-refractivity contribution in [1.82, 2.24) is 0 Å². The molecule has 0 saturated heterocycles. The molecule has 0 spiro atoms. The van der Waals surface area contributed by atoms with E-state index in [9.17, 15) is 0 Å². The van der Waals surface area contributed by atoms with Crippen molar-refractivity contribution in [2.45, 2.75) is 25.6 Å². The maximum absolute atomic E-state index is 6.20. The molecule has 0 bridgehead atoms. The fourth-order valence-corrected chi connectivity index (χ4v) is 2.20. The summed E-state index contributed by atoms with van der Waals surface area (Å²) in [6, 6.07) is 0. The first-order valence-electron chi connectivity index (χ1n) is 3.80. The molecule has 0 aromatic carbocycles. The first kappa shape index (κ1) is 10.4. The molecule has 0 amide bonds. The first-order chi connectivity index (χ1) is 5.36. The molecule has 1 aliphatic rings. The van der Waals surface area contributed by atoms with E-state index in [1.165, 1.54) is 0 Å². The molecule has 1 aliphatic carbocycles. The van der Waals surface area contributed by atoms with Gasteiger partial charge in [0.1, 0.15) is 0 Å². The summed E-state index contributed by atoms with van der Waals surface area (Å²) in [5, 5.41) is 1.43. The summed E-state index contributed by atoms with van der Waals surface area (Å²) in [5.41, 5.74) is 0.934. The average molecular weight is 226 g/mol. The summed E-state index contributed by atoms with van der Waals surface area (Å²) >= 11 is 18.2. The maximum Gasteiger partial charge on any atom is 0.0689 e. The van der Waals surface area contributed by atoms with Gasteiger partial charge in [0.2, 0.25) is 0 Å². The zero-order valence-corrected chi connectivity index (χ0v) is 9.56. The minimum atomic E-state index is -0.451. The second-order valence-corrected chi connectivity index (χ2v) is 4.97. The van der Waals surface area contributed by atoms with E-state index >= 15 is 0 Å². The summed E-state index contributed by atoms with van der Waals surface area (Å²) in [5.74, 6) is 0.128. The third-order valence-corrected chi connectivity index (χ3v) is 3.79. The molecule has 2 atom stereocenters. The zero-order chi connectivity index (χ0) is 9.52. The molecule has 0 N–H and O–H groups in total. The Hall–Kier alpha value is 0.350. The highest BCUT2D eigenvalue weighted by Gasteiger charge is 2.33. The predicted octanol–water partition coefficient (Wildman–Crippen LogP) is 4.27. The van der Waals surface area contributed by atoms with Crippen LogP contribution in [0.5, 0.6) is 0 Å². The fourth-order valence-electron chi connectivity index (χ4n) is 1.17. The van der Waals surface area contributed by atoms with Crippen LogP contribution in [0.4, 0.5) is 0 Å². The average Bonchev–Trinajstić information content (AvgIpc) is 1.97. The second kappa shape index (κ2) is 3.25. The molecular weight excluding hydrogens is 214 g/mol. The second-order valence-electron chi connectivity index (χ2n) is 3.34. The highest BCUT2D eigenvalue weighted by atomic mass is 35.5. The van der Waals surface area contributed by atoms with Gasteiger partial charge in [0.05, 0.1) is 4.87 Å². The summed E-state index contributed by atoms with van der Waals surface area (Å²) in [7, 11) is 0. The van der Waals surface area contributed by atoms with Crippen LogP contribution in [0.1, 0.15) is 20.8 Å². The van der Waals surface area contributed by atoms with Crippen molar-refractivity contribution in [3.8, 4) is 0 Å². The molecule has 0 aromatic heterocycles. The third kappa shape index (κ3) is 1.66. The van der Waals surface area contributed by atoms with Gasteiger partial charge in [0.25, 0.3) is 0 Å². The van der Waals surface area contributed by atoms with Crippen molar-refractivity contribution in [2.75, 3.05) is 0 Å². The third-order valence-electron chi connectivity index (χ3n) is 2.35. The molecule has 3 heteroatoms. The Morgan fingerprint density at radius 2 is 1.92 bits per heavy atom. The van der Waals surface area contributed by atoms with Crippen LogP contribution in [0.25, 0.3) is 0 Å². The lowest BCUT2D eigenvalue weighted by Crippen LogP contribution is -2.27. The van der Waals surface area contributed by atoms with Gasteiger partial charge in [-0.1, -0.05) is 30.1 Å². The lowest BCUT2D eigenvalue weighted by Gasteiger charge is -2.31. The summed E-state index contributed by atoms with van der Waals surface area (Å²) in [6.07, 6.45) is 1.85. The smallest absolute Gasteiger partial charge is 0.0689 e. The van der Waals surface area contributed by atoms with E-state index in [4.69, 9.17) is 34.8 Å². The van der Waals surface area contributed by atoms with Gasteiger partial charge in [-0.25, -0.2) is 0 Å². The van der Waals surface area contributed by atoms with Crippen LogP contribution in [0, 0.1) is 5.92 Å². The standard InChI is InChI=1S/C9H11Cl3/c1-5-7(10)4-9(3,12)6(2)8(5)11/h4,6H,1-3H3. The Bertz CT molecular complexity index is 261. The van der Waals surface area contributed by atoms with Crippen molar-refractivity contribution in [2.24, 2.45) is 5.92 Å². The fraction of sp³-hybridized carbons (Fsp3) is 0.556. The van der Waals surface area contributed by atoms with Gasteiger partial charge in [-0.15, -0.1) is 11.6 Å². The Balaban J connectivity index is 3.15. The quantitative estimate of drug-likeness (QED) is 0.540. The van der Waals surface area contributed by atoms with Crippen molar-refractivity contribution in [1.29, 1.82) is 0 Å².